The molecule has 4 atom stereocenters. The maximum atomic E-state index is 14.3. The van der Waals surface area contributed by atoms with E-state index < -0.39 is 58.0 Å². The molecule has 14 nitrogen and oxygen atoms in total. The number of fused-ring (bicyclic) bond motifs is 3. The minimum absolute atomic E-state index is 0.0231. The van der Waals surface area contributed by atoms with Crippen LogP contribution in [0.5, 0.6) is 5.75 Å². The Labute approximate surface area is 270 Å². The fourth-order valence-corrected chi connectivity index (χ4v) is 7.59. The smallest absolute Gasteiger partial charge is 0.255 e. The number of benzene rings is 1. The first-order valence-electron chi connectivity index (χ1n) is 15.3. The van der Waals surface area contributed by atoms with Crippen molar-refractivity contribution < 1.29 is 34.8 Å². The molecule has 0 saturated heterocycles. The minimum atomic E-state index is -2.70. The molecule has 2 heterocycles. The number of amides is 1. The fourth-order valence-electron chi connectivity index (χ4n) is 7.59. The Morgan fingerprint density at radius 2 is 1.81 bits per heavy atom. The Balaban J connectivity index is 1.48. The van der Waals surface area contributed by atoms with Gasteiger partial charge in [-0.3, -0.25) is 29.3 Å². The van der Waals surface area contributed by atoms with Gasteiger partial charge in [0.05, 0.1) is 11.6 Å². The molecule has 0 aliphatic heterocycles. The predicted molar refractivity (Wildman–Crippen MR) is 171 cm³/mol. The molecule has 47 heavy (non-hydrogen) atoms. The number of aromatic amines is 2. The second-order valence-corrected chi connectivity index (χ2v) is 13.0. The SMILES string of the molecule is CN(C)c1cc(CN(Cc2ccc[nH]2)Cc2ccn[nH]2)c(O)c2c1C[C@H]1C[C@H]3[C@H](N(C)C)C(=O)C(C(N)=O)=C(O)[C@@]3(O)C(=O)C1=C2O. The standard InChI is InChI=1S/C33H39N7O7/c1-38(2)22-12-17(13-40(14-18-6-5-8-35-18)15-19-7-9-36-37-19)27(41)24-20(22)10-16-11-21-26(39(3)4)29(43)25(32(34)46)31(45)33(21,47)30(44)23(16)28(24)42/h5-9,12,16,21,26,35,41-42,45,47H,10-11,13-15H2,1-4H3,(H2,34,46)(H,36,37)/t16-,21-,26-,33-/m0/s1. The predicted octanol–water partition coefficient (Wildman–Crippen LogP) is 1.28. The number of likely N-dealkylation sites (N-methyl/N-ethyl adjacent to an activating group) is 1. The molecule has 0 bridgehead atoms. The van der Waals surface area contributed by atoms with Gasteiger partial charge in [0.15, 0.2) is 11.4 Å². The van der Waals surface area contributed by atoms with Crippen LogP contribution in [0.2, 0.25) is 0 Å². The van der Waals surface area contributed by atoms with Gasteiger partial charge in [-0.25, -0.2) is 0 Å². The molecule has 1 saturated carbocycles. The fraction of sp³-hybridized carbons (Fsp3) is 0.394. The lowest BCUT2D eigenvalue weighted by Gasteiger charge is -2.50. The highest BCUT2D eigenvalue weighted by Gasteiger charge is 2.64. The average Bonchev–Trinajstić information content (AvgIpc) is 3.70. The second-order valence-electron chi connectivity index (χ2n) is 13.0. The van der Waals surface area contributed by atoms with Gasteiger partial charge in [0.25, 0.3) is 5.91 Å². The number of ketones is 2. The monoisotopic (exact) mass is 645 g/mol. The third-order valence-electron chi connectivity index (χ3n) is 9.66. The summed E-state index contributed by atoms with van der Waals surface area (Å²) in [5.41, 5.74) is 5.38. The van der Waals surface area contributed by atoms with Crippen LogP contribution in [-0.2, 0) is 40.4 Å². The highest BCUT2D eigenvalue weighted by Crippen LogP contribution is 2.54. The molecule has 0 spiro atoms. The third kappa shape index (κ3) is 5.08. The number of hydrogen-bond acceptors (Lipinski definition) is 11. The Morgan fingerprint density at radius 3 is 2.40 bits per heavy atom. The van der Waals surface area contributed by atoms with E-state index in [0.29, 0.717) is 24.2 Å². The number of aliphatic hydroxyl groups is 3. The zero-order valence-corrected chi connectivity index (χ0v) is 26.6. The summed E-state index contributed by atoms with van der Waals surface area (Å²) in [6, 6.07) is 6.43. The molecular weight excluding hydrogens is 606 g/mol. The molecular formula is C33H39N7O7. The topological polar surface area (TPSA) is 212 Å². The lowest BCUT2D eigenvalue weighted by Crippen LogP contribution is -2.65. The Morgan fingerprint density at radius 1 is 1.09 bits per heavy atom. The number of primary amides is 1. The van der Waals surface area contributed by atoms with E-state index in [9.17, 15) is 34.8 Å². The van der Waals surface area contributed by atoms with Gasteiger partial charge in [0.2, 0.25) is 5.78 Å². The largest absolute Gasteiger partial charge is 0.508 e. The summed E-state index contributed by atoms with van der Waals surface area (Å²) in [6.07, 6.45) is 3.71. The van der Waals surface area contributed by atoms with E-state index in [4.69, 9.17) is 5.73 Å². The van der Waals surface area contributed by atoms with E-state index in [0.717, 1.165) is 17.1 Å². The number of nitrogens with zero attached hydrogens (tertiary/aromatic N) is 4. The third-order valence-corrected chi connectivity index (χ3v) is 9.66. The summed E-state index contributed by atoms with van der Waals surface area (Å²) in [4.78, 5) is 48.5. The molecule has 6 rings (SSSR count). The Kier molecular flexibility index (Phi) is 7.98. The molecule has 3 aromatic rings. The van der Waals surface area contributed by atoms with Gasteiger partial charge >= 0.3 is 0 Å². The molecule has 8 N–H and O–H groups in total. The molecule has 1 amide bonds. The zero-order chi connectivity index (χ0) is 33.9. The van der Waals surface area contributed by atoms with E-state index in [1.54, 1.807) is 20.3 Å². The summed E-state index contributed by atoms with van der Waals surface area (Å²) in [7, 11) is 6.83. The molecule has 2 aromatic heterocycles. The molecule has 0 radical (unpaired) electrons. The molecule has 14 heteroatoms. The highest BCUT2D eigenvalue weighted by molar-refractivity contribution is 6.24. The van der Waals surface area contributed by atoms with Gasteiger partial charge in [-0.05, 0) is 62.7 Å². The number of H-pyrrole nitrogens is 2. The zero-order valence-electron chi connectivity index (χ0n) is 26.6. The molecule has 1 fully saturated rings. The lowest BCUT2D eigenvalue weighted by atomic mass is 9.57. The van der Waals surface area contributed by atoms with Crippen LogP contribution in [0.3, 0.4) is 0 Å². The molecule has 0 unspecified atom stereocenters. The van der Waals surface area contributed by atoms with Gasteiger partial charge in [-0.1, -0.05) is 0 Å². The summed E-state index contributed by atoms with van der Waals surface area (Å²) < 4.78 is 0. The van der Waals surface area contributed by atoms with E-state index in [2.05, 4.69) is 20.1 Å². The average molecular weight is 646 g/mol. The molecule has 3 aliphatic rings. The van der Waals surface area contributed by atoms with Crippen molar-refractivity contribution in [3.05, 3.63) is 81.6 Å². The summed E-state index contributed by atoms with van der Waals surface area (Å²) >= 11 is 0. The number of hydrogen-bond donors (Lipinski definition) is 7. The van der Waals surface area contributed by atoms with Crippen molar-refractivity contribution in [2.75, 3.05) is 33.1 Å². The first-order chi connectivity index (χ1) is 22.2. The summed E-state index contributed by atoms with van der Waals surface area (Å²) in [6.45, 7) is 1.22. The lowest BCUT2D eigenvalue weighted by molar-refractivity contribution is -0.153. The number of rotatable bonds is 9. The highest BCUT2D eigenvalue weighted by atomic mass is 16.3. The van der Waals surface area contributed by atoms with Crippen molar-refractivity contribution in [1.82, 2.24) is 25.0 Å². The number of phenolic OH excluding ortho intramolecular Hbond substituents is 1. The van der Waals surface area contributed by atoms with E-state index in [1.165, 1.54) is 4.90 Å². The van der Waals surface area contributed by atoms with Crippen molar-refractivity contribution in [3.8, 4) is 5.75 Å². The maximum absolute atomic E-state index is 14.3. The van der Waals surface area contributed by atoms with Gasteiger partial charge in [-0.2, -0.15) is 5.10 Å². The van der Waals surface area contributed by atoms with Crippen molar-refractivity contribution >= 4 is 28.9 Å². The van der Waals surface area contributed by atoms with Crippen LogP contribution in [0, 0.1) is 11.8 Å². The van der Waals surface area contributed by atoms with E-state index in [1.807, 2.05) is 49.5 Å². The number of nitrogens with two attached hydrogens (primary N) is 1. The second kappa shape index (κ2) is 11.7. The number of aliphatic hydroxyl groups excluding tert-OH is 2. The number of aromatic nitrogens is 3. The van der Waals surface area contributed by atoms with Gasteiger partial charge in [0.1, 0.15) is 22.8 Å². The summed E-state index contributed by atoms with van der Waals surface area (Å²) in [5.74, 6) is -6.75. The Bertz CT molecular complexity index is 1770. The molecule has 1 aromatic carbocycles. The van der Waals surface area contributed by atoms with Crippen molar-refractivity contribution in [2.45, 2.75) is 44.1 Å². The number of nitrogens with one attached hydrogen (secondary N) is 2. The first-order valence-corrected chi connectivity index (χ1v) is 15.3. The van der Waals surface area contributed by atoms with Crippen molar-refractivity contribution in [2.24, 2.45) is 17.6 Å². The number of carbonyl (C=O) groups excluding carboxylic acids is 3. The normalized spacial score (nSPS) is 24.1. The van der Waals surface area contributed by atoms with Gasteiger partial charge in [-0.15, -0.1) is 0 Å². The maximum Gasteiger partial charge on any atom is 0.255 e. The van der Waals surface area contributed by atoms with Crippen LogP contribution in [0.4, 0.5) is 5.69 Å². The van der Waals surface area contributed by atoms with Crippen LogP contribution in [0.1, 0.15) is 34.5 Å². The molecule has 248 valence electrons. The first kappa shape index (κ1) is 32.0. The van der Waals surface area contributed by atoms with Crippen molar-refractivity contribution in [1.29, 1.82) is 0 Å². The number of phenols is 1. The quantitative estimate of drug-likeness (QED) is 0.165. The number of anilines is 1. The van der Waals surface area contributed by atoms with Crippen LogP contribution >= 0.6 is 0 Å². The number of carbonyl (C=O) groups is 3. The van der Waals surface area contributed by atoms with Crippen LogP contribution in [0.25, 0.3) is 5.76 Å². The molecule has 3 aliphatic carbocycles. The number of aromatic hydroxyl groups is 1. The van der Waals surface area contributed by atoms with Gasteiger partial charge in [0, 0.05) is 80.3 Å². The number of Topliss-reactive ketones (excluding diaryl/α,β-unsaturated/α-hetero) is 2. The summed E-state index contributed by atoms with van der Waals surface area (Å²) in [5, 5.41) is 53.7. The van der Waals surface area contributed by atoms with Crippen molar-refractivity contribution in [3.63, 3.8) is 0 Å². The van der Waals surface area contributed by atoms with E-state index >= 15 is 0 Å². The minimum Gasteiger partial charge on any atom is -0.508 e. The van der Waals surface area contributed by atoms with Crippen LogP contribution in [0.15, 0.2) is 53.6 Å². The Hall–Kier alpha value is -4.92. The van der Waals surface area contributed by atoms with E-state index in [-0.39, 0.29) is 36.3 Å². The van der Waals surface area contributed by atoms with Crippen LogP contribution < -0.4 is 10.6 Å². The van der Waals surface area contributed by atoms with Crippen LogP contribution in [-0.4, -0.2) is 103 Å². The van der Waals surface area contributed by atoms with Gasteiger partial charge < -0.3 is 36.0 Å².